The number of phenols is 1. The molecule has 1 saturated heterocycles. The van der Waals surface area contributed by atoms with Crippen molar-refractivity contribution in [3.63, 3.8) is 0 Å². The number of ether oxygens (including phenoxy) is 2. The van der Waals surface area contributed by atoms with Crippen LogP contribution in [0.5, 0.6) is 5.75 Å². The third-order valence-electron chi connectivity index (χ3n) is 9.14. The van der Waals surface area contributed by atoms with E-state index in [1.807, 2.05) is 44.2 Å². The van der Waals surface area contributed by atoms with Crippen LogP contribution in [0.4, 0.5) is 9.59 Å². The number of hydrogen-bond acceptors (Lipinski definition) is 9. The van der Waals surface area contributed by atoms with Gasteiger partial charge in [-0.25, -0.2) is 9.59 Å². The number of benzene rings is 2. The molecule has 14 heteroatoms. The summed E-state index contributed by atoms with van der Waals surface area (Å²) in [5, 5.41) is 24.3. The summed E-state index contributed by atoms with van der Waals surface area (Å²) in [6, 6.07) is 13.3. The van der Waals surface area contributed by atoms with Gasteiger partial charge in [0, 0.05) is 32.1 Å². The molecular formula is C42H64N6O8. The molecule has 0 bridgehead atoms. The van der Waals surface area contributed by atoms with Gasteiger partial charge in [-0.15, -0.1) is 0 Å². The van der Waals surface area contributed by atoms with Crippen molar-refractivity contribution in [2.24, 2.45) is 5.92 Å². The molecule has 1 aliphatic heterocycles. The normalized spacial score (nSPS) is 16.3. The van der Waals surface area contributed by atoms with E-state index in [9.17, 15) is 29.1 Å². The molecule has 0 radical (unpaired) electrons. The van der Waals surface area contributed by atoms with Crippen molar-refractivity contribution in [1.82, 2.24) is 31.5 Å². The number of likely N-dealkylation sites (tertiary alicyclic amines) is 1. The summed E-state index contributed by atoms with van der Waals surface area (Å²) < 4.78 is 10.7. The molecular weight excluding hydrogens is 716 g/mol. The first kappa shape index (κ1) is 45.5. The van der Waals surface area contributed by atoms with Gasteiger partial charge in [-0.3, -0.25) is 19.3 Å². The molecule has 0 aromatic heterocycles. The lowest BCUT2D eigenvalue weighted by molar-refractivity contribution is -0.131. The Labute approximate surface area is 332 Å². The maximum absolute atomic E-state index is 14.2. The molecule has 0 unspecified atom stereocenters. The average molecular weight is 781 g/mol. The zero-order chi connectivity index (χ0) is 41.5. The van der Waals surface area contributed by atoms with Crippen LogP contribution in [0.15, 0.2) is 54.6 Å². The third kappa shape index (κ3) is 16.9. The Kier molecular flexibility index (Phi) is 17.4. The Bertz CT molecular complexity index is 1570. The van der Waals surface area contributed by atoms with Crippen LogP contribution in [-0.4, -0.2) is 94.9 Å². The summed E-state index contributed by atoms with van der Waals surface area (Å²) >= 11 is 0. The van der Waals surface area contributed by atoms with E-state index >= 15 is 0 Å². The molecule has 2 aromatic rings. The van der Waals surface area contributed by atoms with E-state index in [1.165, 1.54) is 12.1 Å². The topological polar surface area (TPSA) is 187 Å². The molecule has 5 amide bonds. The van der Waals surface area contributed by atoms with Crippen LogP contribution in [-0.2, 0) is 36.8 Å². The van der Waals surface area contributed by atoms with Crippen LogP contribution in [0.2, 0.25) is 0 Å². The average Bonchev–Trinajstić information content (AvgIpc) is 3.57. The molecule has 56 heavy (non-hydrogen) atoms. The number of alkyl carbamates (subject to hydrolysis) is 2. The van der Waals surface area contributed by atoms with Crippen LogP contribution in [0.3, 0.4) is 0 Å². The highest BCUT2D eigenvalue weighted by atomic mass is 16.6. The SMILES string of the molecule is CC(C)[C@@H](CN1CCC[C@H]1C(=O)NCc1ccccc1)NC(=O)[C@H](Cc1ccc(O)cc1)NC(=O)[C@H](CCCCNC(=O)OC(C)(C)C)NC(=O)OC(C)(C)C. The second kappa shape index (κ2) is 21.5. The van der Waals surface area contributed by atoms with Crippen molar-refractivity contribution in [3.8, 4) is 5.75 Å². The van der Waals surface area contributed by atoms with E-state index in [4.69, 9.17) is 9.47 Å². The summed E-state index contributed by atoms with van der Waals surface area (Å²) in [5.74, 6) is -0.998. The number of rotatable bonds is 18. The van der Waals surface area contributed by atoms with Crippen LogP contribution in [0, 0.1) is 5.92 Å². The molecule has 0 aliphatic carbocycles. The van der Waals surface area contributed by atoms with E-state index in [1.54, 1.807) is 53.7 Å². The first-order valence-corrected chi connectivity index (χ1v) is 19.7. The zero-order valence-electron chi connectivity index (χ0n) is 34.4. The van der Waals surface area contributed by atoms with E-state index in [0.717, 1.165) is 12.0 Å². The number of nitrogens with zero attached hydrogens (tertiary/aromatic N) is 1. The number of carbonyl (C=O) groups is 5. The second-order valence-corrected chi connectivity index (χ2v) is 16.8. The highest BCUT2D eigenvalue weighted by molar-refractivity contribution is 5.91. The fraction of sp³-hybridized carbons (Fsp3) is 0.595. The van der Waals surface area contributed by atoms with Gasteiger partial charge in [-0.1, -0.05) is 56.3 Å². The highest BCUT2D eigenvalue weighted by Crippen LogP contribution is 2.20. The standard InChI is InChI=1S/C42H64N6O8/c1-28(2)34(27-48-24-14-18-35(48)38(52)44-26-30-15-10-9-11-16-30)46-37(51)33(25-29-19-21-31(49)22-20-29)45-36(50)32(47-40(54)56-42(6,7)8)17-12-13-23-43-39(53)55-41(3,4)5/h9-11,15-16,19-22,28,32-35,49H,12-14,17-18,23-27H2,1-8H3,(H,43,53)(H,44,52)(H,45,50)(H,46,51)(H,47,54)/t32-,33-,34+,35-/m0/s1. The molecule has 3 rings (SSSR count). The second-order valence-electron chi connectivity index (χ2n) is 16.8. The Balaban J connectivity index is 1.74. The Morgan fingerprint density at radius 3 is 2.02 bits per heavy atom. The van der Waals surface area contributed by atoms with Crippen molar-refractivity contribution in [1.29, 1.82) is 0 Å². The van der Waals surface area contributed by atoms with E-state index in [2.05, 4.69) is 31.5 Å². The van der Waals surface area contributed by atoms with Gasteiger partial charge in [0.05, 0.1) is 6.04 Å². The van der Waals surface area contributed by atoms with Gasteiger partial charge < -0.3 is 41.2 Å². The van der Waals surface area contributed by atoms with Crippen molar-refractivity contribution < 1.29 is 38.6 Å². The number of carbonyl (C=O) groups excluding carboxylic acids is 5. The molecule has 4 atom stereocenters. The minimum Gasteiger partial charge on any atom is -0.508 e. The lowest BCUT2D eigenvalue weighted by Gasteiger charge is -2.32. The van der Waals surface area contributed by atoms with Crippen LogP contribution in [0.25, 0.3) is 0 Å². The maximum Gasteiger partial charge on any atom is 0.408 e. The van der Waals surface area contributed by atoms with Gasteiger partial charge in [-0.05, 0) is 109 Å². The van der Waals surface area contributed by atoms with Gasteiger partial charge in [0.1, 0.15) is 29.0 Å². The molecule has 14 nitrogen and oxygen atoms in total. The number of nitrogens with one attached hydrogen (secondary N) is 5. The Morgan fingerprint density at radius 1 is 0.768 bits per heavy atom. The van der Waals surface area contributed by atoms with E-state index in [0.29, 0.717) is 51.0 Å². The number of unbranched alkanes of at least 4 members (excludes halogenated alkanes) is 1. The molecule has 1 heterocycles. The quantitative estimate of drug-likeness (QED) is 0.114. The first-order valence-electron chi connectivity index (χ1n) is 19.7. The minimum absolute atomic E-state index is 0.00604. The van der Waals surface area contributed by atoms with E-state index < -0.39 is 47.3 Å². The van der Waals surface area contributed by atoms with Gasteiger partial charge >= 0.3 is 12.2 Å². The fourth-order valence-electron chi connectivity index (χ4n) is 6.25. The summed E-state index contributed by atoms with van der Waals surface area (Å²) in [7, 11) is 0. The molecule has 2 aromatic carbocycles. The summed E-state index contributed by atoms with van der Waals surface area (Å²) in [6.07, 6.45) is 1.48. The molecule has 1 fully saturated rings. The van der Waals surface area contributed by atoms with Crippen molar-refractivity contribution in [3.05, 3.63) is 65.7 Å². The van der Waals surface area contributed by atoms with E-state index in [-0.39, 0.29) is 42.5 Å². The maximum atomic E-state index is 14.2. The summed E-state index contributed by atoms with van der Waals surface area (Å²) in [6.45, 7) is 16.3. The number of phenolic OH excluding ortho intramolecular Hbond substituents is 1. The van der Waals surface area contributed by atoms with Crippen molar-refractivity contribution in [2.75, 3.05) is 19.6 Å². The number of aromatic hydroxyl groups is 1. The molecule has 1 aliphatic rings. The minimum atomic E-state index is -1.05. The van der Waals surface area contributed by atoms with Crippen molar-refractivity contribution >= 4 is 29.9 Å². The first-order chi connectivity index (χ1) is 26.3. The molecule has 310 valence electrons. The number of hydrogen-bond donors (Lipinski definition) is 6. The molecule has 0 saturated carbocycles. The van der Waals surface area contributed by atoms with Crippen molar-refractivity contribution in [2.45, 2.75) is 136 Å². The van der Waals surface area contributed by atoms with Gasteiger partial charge in [0.15, 0.2) is 0 Å². The van der Waals surface area contributed by atoms with Crippen LogP contribution < -0.4 is 26.6 Å². The zero-order valence-corrected chi connectivity index (χ0v) is 34.4. The summed E-state index contributed by atoms with van der Waals surface area (Å²) in [5.41, 5.74) is 0.257. The van der Waals surface area contributed by atoms with Gasteiger partial charge in [0.2, 0.25) is 17.7 Å². The van der Waals surface area contributed by atoms with Gasteiger partial charge in [0.25, 0.3) is 0 Å². The lowest BCUT2D eigenvalue weighted by atomic mass is 10.00. The molecule has 0 spiro atoms. The third-order valence-corrected chi connectivity index (χ3v) is 9.14. The Hall–Kier alpha value is -4.85. The van der Waals surface area contributed by atoms with Gasteiger partial charge in [-0.2, -0.15) is 0 Å². The molecule has 6 N–H and O–H groups in total. The van der Waals surface area contributed by atoms with Crippen LogP contribution in [0.1, 0.15) is 98.6 Å². The Morgan fingerprint density at radius 2 is 1.39 bits per heavy atom. The smallest absolute Gasteiger partial charge is 0.408 e. The predicted molar refractivity (Wildman–Crippen MR) is 215 cm³/mol. The monoisotopic (exact) mass is 780 g/mol. The largest absolute Gasteiger partial charge is 0.508 e. The fourth-order valence-corrected chi connectivity index (χ4v) is 6.25. The predicted octanol–water partition coefficient (Wildman–Crippen LogP) is 4.93. The highest BCUT2D eigenvalue weighted by Gasteiger charge is 2.35. The summed E-state index contributed by atoms with van der Waals surface area (Å²) in [4.78, 5) is 68.5. The number of amides is 5. The lowest BCUT2D eigenvalue weighted by Crippen LogP contribution is -2.58. The van der Waals surface area contributed by atoms with Crippen LogP contribution >= 0.6 is 0 Å².